The average molecular weight is 667 g/mol. The van der Waals surface area contributed by atoms with Gasteiger partial charge in [0.25, 0.3) is 0 Å². The summed E-state index contributed by atoms with van der Waals surface area (Å²) in [5.41, 5.74) is 1.80. The summed E-state index contributed by atoms with van der Waals surface area (Å²) in [4.78, 5) is 25.1. The van der Waals surface area contributed by atoms with E-state index in [-0.39, 0.29) is 30.0 Å². The van der Waals surface area contributed by atoms with Crippen molar-refractivity contribution in [3.8, 4) is 0 Å². The van der Waals surface area contributed by atoms with E-state index < -0.39 is 60.0 Å². The fourth-order valence-electron chi connectivity index (χ4n) is 5.55. The van der Waals surface area contributed by atoms with Crippen LogP contribution in [-0.2, 0) is 19.1 Å². The van der Waals surface area contributed by atoms with Crippen LogP contribution >= 0.6 is 0 Å². The van der Waals surface area contributed by atoms with E-state index in [0.717, 1.165) is 11.1 Å². The van der Waals surface area contributed by atoms with E-state index >= 15 is 0 Å². The quantitative estimate of drug-likeness (QED) is 0.0646. The Bertz CT molecular complexity index is 1080. The Hall–Kier alpha value is -2.14. The largest absolute Gasteiger partial charge is 0.457 e. The molecule has 0 aromatic rings. The van der Waals surface area contributed by atoms with Crippen LogP contribution in [0.15, 0.2) is 47.1 Å². The highest BCUT2D eigenvalue weighted by molar-refractivity contribution is 5.88. The highest BCUT2D eigenvalue weighted by Gasteiger charge is 2.35. The fourth-order valence-corrected chi connectivity index (χ4v) is 5.55. The van der Waals surface area contributed by atoms with E-state index in [1.807, 2.05) is 60.6 Å². The van der Waals surface area contributed by atoms with Crippen LogP contribution in [0.5, 0.6) is 0 Å². The number of ketones is 1. The van der Waals surface area contributed by atoms with Crippen molar-refractivity contribution in [1.29, 1.82) is 0 Å². The number of aliphatic hydroxyl groups excluding tert-OH is 5. The molecule has 0 saturated carbocycles. The van der Waals surface area contributed by atoms with Crippen molar-refractivity contribution in [1.82, 2.24) is 0 Å². The van der Waals surface area contributed by atoms with Gasteiger partial charge in [-0.05, 0) is 66.4 Å². The number of hydrogen-bond donors (Lipinski definition) is 5. The summed E-state index contributed by atoms with van der Waals surface area (Å²) in [6.07, 6.45) is 4.58. The minimum Gasteiger partial charge on any atom is -0.457 e. The van der Waals surface area contributed by atoms with E-state index in [0.29, 0.717) is 18.4 Å². The minimum absolute atomic E-state index is 0.0561. The first-order valence-corrected chi connectivity index (χ1v) is 17.0. The molecule has 11 atom stereocenters. The van der Waals surface area contributed by atoms with Gasteiger partial charge < -0.3 is 35.0 Å². The van der Waals surface area contributed by atoms with Crippen molar-refractivity contribution in [2.45, 2.75) is 145 Å². The summed E-state index contributed by atoms with van der Waals surface area (Å²) >= 11 is 0. The van der Waals surface area contributed by atoms with Crippen molar-refractivity contribution in [2.75, 3.05) is 7.11 Å². The third kappa shape index (κ3) is 16.2. The second-order valence-electron chi connectivity index (χ2n) is 14.6. The van der Waals surface area contributed by atoms with Gasteiger partial charge in [-0.3, -0.25) is 4.79 Å². The lowest BCUT2D eigenvalue weighted by Gasteiger charge is -2.31. The summed E-state index contributed by atoms with van der Waals surface area (Å²) in [6.45, 7) is 21.7. The van der Waals surface area contributed by atoms with E-state index in [2.05, 4.69) is 0 Å². The maximum Gasteiger partial charge on any atom is 0.334 e. The minimum atomic E-state index is -1.17. The van der Waals surface area contributed by atoms with E-state index in [1.54, 1.807) is 52.8 Å². The Morgan fingerprint density at radius 3 is 1.89 bits per heavy atom. The number of methoxy groups -OCH3 is 1. The van der Waals surface area contributed by atoms with Crippen molar-refractivity contribution in [2.24, 2.45) is 29.6 Å². The molecule has 0 aromatic carbocycles. The van der Waals surface area contributed by atoms with Crippen LogP contribution in [0.4, 0.5) is 0 Å². The smallest absolute Gasteiger partial charge is 0.334 e. The summed E-state index contributed by atoms with van der Waals surface area (Å²) in [5.74, 6) is -2.94. The number of hydrogen-bond acceptors (Lipinski definition) is 9. The lowest BCUT2D eigenvalue weighted by molar-refractivity contribution is -0.149. The molecule has 0 aliphatic rings. The van der Waals surface area contributed by atoms with Crippen molar-refractivity contribution in [3.63, 3.8) is 0 Å². The Morgan fingerprint density at radius 2 is 1.38 bits per heavy atom. The molecule has 5 N–H and O–H groups in total. The average Bonchev–Trinajstić information content (AvgIpc) is 2.99. The third-order valence-corrected chi connectivity index (χ3v) is 8.89. The normalized spacial score (nSPS) is 20.9. The molecule has 0 radical (unpaired) electrons. The molecule has 0 rings (SSSR count). The SMILES string of the molecule is CCC(O)[C@H](C)C(O)CC(=O)[C@H](C)C(O)[C@H](C)C(O)[C@@H](/C=C/C=C(\C)C[C@H](C)C(O)[C@H](C)/C=C(C)/C=C(\C)C(=O)OC(C)(C)C)OC. The molecule has 0 saturated heterocycles. The molecule has 0 aromatic heterocycles. The van der Waals surface area contributed by atoms with Gasteiger partial charge in [0, 0.05) is 42.8 Å². The van der Waals surface area contributed by atoms with Crippen LogP contribution in [0.25, 0.3) is 0 Å². The van der Waals surface area contributed by atoms with Gasteiger partial charge in [-0.15, -0.1) is 0 Å². The summed E-state index contributed by atoms with van der Waals surface area (Å²) < 4.78 is 10.9. The Labute approximate surface area is 284 Å². The zero-order valence-electron chi connectivity index (χ0n) is 31.2. The predicted octanol–water partition coefficient (Wildman–Crippen LogP) is 5.48. The van der Waals surface area contributed by atoms with Crippen LogP contribution in [0.1, 0.15) is 102 Å². The van der Waals surface area contributed by atoms with Gasteiger partial charge in [-0.25, -0.2) is 4.79 Å². The predicted molar refractivity (Wildman–Crippen MR) is 187 cm³/mol. The monoisotopic (exact) mass is 666 g/mol. The number of rotatable bonds is 20. The molecule has 0 heterocycles. The summed E-state index contributed by atoms with van der Waals surface area (Å²) in [6, 6.07) is 0. The van der Waals surface area contributed by atoms with Crippen molar-refractivity contribution < 1.29 is 44.6 Å². The zero-order chi connectivity index (χ0) is 36.8. The maximum atomic E-state index is 12.8. The molecular formula is C38H66O9. The molecular weight excluding hydrogens is 600 g/mol. The second kappa shape index (κ2) is 21.1. The molecule has 0 fully saturated rings. The van der Waals surface area contributed by atoms with E-state index in [1.165, 1.54) is 7.11 Å². The molecule has 5 unspecified atom stereocenters. The van der Waals surface area contributed by atoms with Crippen LogP contribution in [0.3, 0.4) is 0 Å². The Morgan fingerprint density at radius 1 is 0.809 bits per heavy atom. The van der Waals surface area contributed by atoms with Crippen LogP contribution in [0, 0.1) is 29.6 Å². The first-order valence-electron chi connectivity index (χ1n) is 17.0. The van der Waals surface area contributed by atoms with Crippen LogP contribution in [-0.4, -0.2) is 86.6 Å². The molecule has 0 aliphatic heterocycles. The second-order valence-corrected chi connectivity index (χ2v) is 14.6. The summed E-state index contributed by atoms with van der Waals surface area (Å²) in [5, 5.41) is 53.2. The van der Waals surface area contributed by atoms with Crippen molar-refractivity contribution in [3.05, 3.63) is 47.1 Å². The third-order valence-electron chi connectivity index (χ3n) is 8.89. The number of allylic oxidation sites excluding steroid dienone is 5. The zero-order valence-corrected chi connectivity index (χ0v) is 31.2. The molecule has 9 heteroatoms. The fraction of sp³-hybridized carbons (Fsp3) is 0.737. The Balaban J connectivity index is 5.30. The van der Waals surface area contributed by atoms with E-state index in [4.69, 9.17) is 9.47 Å². The van der Waals surface area contributed by atoms with Gasteiger partial charge in [-0.2, -0.15) is 0 Å². The highest BCUT2D eigenvalue weighted by atomic mass is 16.6. The van der Waals surface area contributed by atoms with Crippen molar-refractivity contribution >= 4 is 11.8 Å². The number of carbonyl (C=O) groups excluding carboxylic acids is 2. The number of Topliss-reactive ketones (excluding diaryl/α,β-unsaturated/α-hetero) is 1. The number of carbonyl (C=O) groups is 2. The first-order chi connectivity index (χ1) is 21.6. The van der Waals surface area contributed by atoms with E-state index in [9.17, 15) is 35.1 Å². The number of aliphatic hydroxyl groups is 5. The van der Waals surface area contributed by atoms with Crippen LogP contribution in [0.2, 0.25) is 0 Å². The number of esters is 1. The lowest BCUT2D eigenvalue weighted by Crippen LogP contribution is -2.43. The Kier molecular flexibility index (Phi) is 20.1. The highest BCUT2D eigenvalue weighted by Crippen LogP contribution is 2.25. The van der Waals surface area contributed by atoms with Gasteiger partial charge in [-0.1, -0.05) is 77.0 Å². The number of ether oxygens (including phenoxy) is 2. The van der Waals surface area contributed by atoms with Gasteiger partial charge in [0.05, 0.1) is 30.5 Å². The van der Waals surface area contributed by atoms with Crippen LogP contribution < -0.4 is 0 Å². The molecule has 0 aliphatic carbocycles. The molecule has 9 nitrogen and oxygen atoms in total. The van der Waals surface area contributed by atoms with Gasteiger partial charge in [0.2, 0.25) is 0 Å². The molecule has 272 valence electrons. The molecule has 47 heavy (non-hydrogen) atoms. The standard InChI is InChI=1S/C38H66O9/c1-14-30(39)27(7)31(40)21-32(41)28(8)35(43)29(9)36(44)33(46-13)17-15-16-22(2)18-24(4)34(42)25(5)19-23(3)20-26(6)37(45)47-38(10,11)12/h15-17,19-20,24-25,27-31,33-36,39-40,42-44H,14,18,21H2,1-13H3/b17-15+,22-16+,23-19+,26-20+/t24-,25+,27-,28-,29-,30?,31?,33+,34?,35?,36?/m0/s1. The summed E-state index contributed by atoms with van der Waals surface area (Å²) in [7, 11) is 1.46. The maximum absolute atomic E-state index is 12.8. The first kappa shape index (κ1) is 44.9. The topological polar surface area (TPSA) is 154 Å². The van der Waals surface area contributed by atoms with Gasteiger partial charge >= 0.3 is 5.97 Å². The molecule has 0 spiro atoms. The van der Waals surface area contributed by atoms with Gasteiger partial charge in [0.1, 0.15) is 17.5 Å². The molecule has 0 amide bonds. The lowest BCUT2D eigenvalue weighted by atomic mass is 9.82. The van der Waals surface area contributed by atoms with Gasteiger partial charge in [0.15, 0.2) is 0 Å². The molecule has 0 bridgehead atoms.